The summed E-state index contributed by atoms with van der Waals surface area (Å²) in [6, 6.07) is 0. The Balaban J connectivity index is 2.46. The van der Waals surface area contributed by atoms with Crippen LogP contribution in [0, 0.1) is 5.92 Å². The van der Waals surface area contributed by atoms with E-state index in [-0.39, 0.29) is 26.0 Å². The Bertz CT molecular complexity index is 197. The summed E-state index contributed by atoms with van der Waals surface area (Å²) in [4.78, 5) is 11.1. The van der Waals surface area contributed by atoms with Crippen molar-refractivity contribution in [2.24, 2.45) is 5.92 Å². The summed E-state index contributed by atoms with van der Waals surface area (Å²) in [6.07, 6.45) is 0.429. The molecule has 76 valence electrons. The van der Waals surface area contributed by atoms with Gasteiger partial charge in [0, 0.05) is 13.0 Å². The largest absolute Gasteiger partial charge is 0.395 e. The van der Waals surface area contributed by atoms with Gasteiger partial charge in [-0.25, -0.2) is 8.78 Å². The Kier molecular flexibility index (Phi) is 3.19. The van der Waals surface area contributed by atoms with Crippen LogP contribution < -0.4 is 5.32 Å². The quantitative estimate of drug-likeness (QED) is 0.687. The van der Waals surface area contributed by atoms with Crippen molar-refractivity contribution in [3.8, 4) is 0 Å². The minimum atomic E-state index is -2.86. The summed E-state index contributed by atoms with van der Waals surface area (Å²) in [5, 5.41) is 10.6. The van der Waals surface area contributed by atoms with E-state index in [1.165, 1.54) is 0 Å². The Morgan fingerprint density at radius 1 is 1.62 bits per heavy atom. The summed E-state index contributed by atoms with van der Waals surface area (Å²) in [5.74, 6) is -4.70. The van der Waals surface area contributed by atoms with Crippen LogP contribution in [0.25, 0.3) is 0 Å². The maximum atomic E-state index is 13.0. The van der Waals surface area contributed by atoms with Crippen molar-refractivity contribution in [3.63, 3.8) is 0 Å². The van der Waals surface area contributed by atoms with E-state index in [2.05, 4.69) is 5.32 Å². The van der Waals surface area contributed by atoms with Crippen LogP contribution in [-0.4, -0.2) is 30.1 Å². The molecule has 0 bridgehead atoms. The molecule has 0 heterocycles. The van der Waals surface area contributed by atoms with Crippen LogP contribution in [0.5, 0.6) is 0 Å². The van der Waals surface area contributed by atoms with Crippen molar-refractivity contribution in [1.82, 2.24) is 5.32 Å². The smallest absolute Gasteiger partial charge is 0.259 e. The first-order valence-corrected chi connectivity index (χ1v) is 4.34. The number of nitrogens with one attached hydrogen (secondary N) is 1. The Labute approximate surface area is 75.1 Å². The van der Waals surface area contributed by atoms with Gasteiger partial charge in [0.05, 0.1) is 6.61 Å². The van der Waals surface area contributed by atoms with E-state index in [1.807, 2.05) is 0 Å². The van der Waals surface area contributed by atoms with Gasteiger partial charge in [-0.05, 0) is 12.8 Å². The summed E-state index contributed by atoms with van der Waals surface area (Å²) >= 11 is 0. The minimum Gasteiger partial charge on any atom is -0.395 e. The van der Waals surface area contributed by atoms with E-state index in [0.29, 0.717) is 6.42 Å². The molecule has 0 radical (unpaired) electrons. The summed E-state index contributed by atoms with van der Waals surface area (Å²) < 4.78 is 25.9. The number of carbonyl (C=O) groups excluding carboxylic acids is 1. The van der Waals surface area contributed by atoms with Gasteiger partial charge in [0.2, 0.25) is 5.91 Å². The van der Waals surface area contributed by atoms with Gasteiger partial charge in [-0.3, -0.25) is 4.79 Å². The van der Waals surface area contributed by atoms with Gasteiger partial charge in [0.1, 0.15) is 5.92 Å². The van der Waals surface area contributed by atoms with Crippen molar-refractivity contribution in [3.05, 3.63) is 0 Å². The molecule has 2 N–H and O–H groups in total. The maximum Gasteiger partial charge on any atom is 0.259 e. The average molecular weight is 193 g/mol. The van der Waals surface area contributed by atoms with Crippen molar-refractivity contribution in [2.75, 3.05) is 13.2 Å². The highest BCUT2D eigenvalue weighted by Gasteiger charge is 2.47. The maximum absolute atomic E-state index is 13.0. The first kappa shape index (κ1) is 10.4. The molecule has 1 rings (SSSR count). The van der Waals surface area contributed by atoms with Crippen molar-refractivity contribution < 1.29 is 18.7 Å². The zero-order chi connectivity index (χ0) is 9.90. The number of alkyl halides is 2. The van der Waals surface area contributed by atoms with E-state index in [9.17, 15) is 13.6 Å². The van der Waals surface area contributed by atoms with Crippen LogP contribution in [0.1, 0.15) is 19.3 Å². The van der Waals surface area contributed by atoms with E-state index < -0.39 is 17.7 Å². The van der Waals surface area contributed by atoms with Crippen LogP contribution in [0.15, 0.2) is 0 Å². The molecular weight excluding hydrogens is 180 g/mol. The Morgan fingerprint density at radius 3 is 2.77 bits per heavy atom. The monoisotopic (exact) mass is 193 g/mol. The molecule has 3 nitrogen and oxygen atoms in total. The summed E-state index contributed by atoms with van der Waals surface area (Å²) in [7, 11) is 0. The number of halogens is 2. The molecule has 1 aliphatic rings. The molecule has 0 aromatic carbocycles. The van der Waals surface area contributed by atoms with Gasteiger partial charge < -0.3 is 10.4 Å². The number of rotatable bonds is 3. The van der Waals surface area contributed by atoms with Crippen LogP contribution in [0.2, 0.25) is 0 Å². The first-order chi connectivity index (χ1) is 6.08. The van der Waals surface area contributed by atoms with E-state index in [0.717, 1.165) is 0 Å². The lowest BCUT2D eigenvalue weighted by Crippen LogP contribution is -2.39. The SMILES string of the molecule is O=C(NCCO)C1CCCC1(F)F. The molecule has 0 aromatic rings. The Morgan fingerprint density at radius 2 is 2.31 bits per heavy atom. The lowest BCUT2D eigenvalue weighted by Gasteiger charge is -2.17. The van der Waals surface area contributed by atoms with Crippen LogP contribution in [0.3, 0.4) is 0 Å². The summed E-state index contributed by atoms with van der Waals surface area (Å²) in [6.45, 7) is -0.171. The number of aliphatic hydroxyl groups is 1. The zero-order valence-corrected chi connectivity index (χ0v) is 7.22. The fraction of sp³-hybridized carbons (Fsp3) is 0.875. The lowest BCUT2D eigenvalue weighted by molar-refractivity contribution is -0.136. The third-order valence-electron chi connectivity index (χ3n) is 2.24. The number of carbonyl (C=O) groups is 1. The lowest BCUT2D eigenvalue weighted by atomic mass is 10.0. The topological polar surface area (TPSA) is 49.3 Å². The van der Waals surface area contributed by atoms with Gasteiger partial charge in [-0.15, -0.1) is 0 Å². The molecule has 1 aliphatic carbocycles. The van der Waals surface area contributed by atoms with Crippen molar-refractivity contribution in [1.29, 1.82) is 0 Å². The fourth-order valence-electron chi connectivity index (χ4n) is 1.55. The van der Waals surface area contributed by atoms with Gasteiger partial charge in [0.25, 0.3) is 5.92 Å². The number of amides is 1. The predicted octanol–water partition coefficient (Wildman–Crippen LogP) is 0.530. The molecule has 0 spiro atoms. The molecule has 1 unspecified atom stereocenters. The second kappa shape index (κ2) is 4.00. The highest BCUT2D eigenvalue weighted by Crippen LogP contribution is 2.40. The van der Waals surface area contributed by atoms with Crippen LogP contribution in [-0.2, 0) is 4.79 Å². The van der Waals surface area contributed by atoms with E-state index >= 15 is 0 Å². The Hall–Kier alpha value is -0.710. The van der Waals surface area contributed by atoms with E-state index in [4.69, 9.17) is 5.11 Å². The average Bonchev–Trinajstić information content (AvgIpc) is 2.41. The third kappa shape index (κ3) is 2.37. The van der Waals surface area contributed by atoms with Gasteiger partial charge in [-0.2, -0.15) is 0 Å². The second-order valence-corrected chi connectivity index (χ2v) is 3.22. The minimum absolute atomic E-state index is 0.0470. The molecule has 1 fully saturated rings. The number of hydrogen-bond acceptors (Lipinski definition) is 2. The predicted molar refractivity (Wildman–Crippen MR) is 42.4 cm³/mol. The molecule has 5 heteroatoms. The number of hydrogen-bond donors (Lipinski definition) is 2. The molecule has 1 amide bonds. The van der Waals surface area contributed by atoms with Crippen LogP contribution >= 0.6 is 0 Å². The van der Waals surface area contributed by atoms with Crippen molar-refractivity contribution in [2.45, 2.75) is 25.2 Å². The third-order valence-corrected chi connectivity index (χ3v) is 2.24. The molecule has 1 saturated carbocycles. The first-order valence-electron chi connectivity index (χ1n) is 4.34. The van der Waals surface area contributed by atoms with Gasteiger partial charge in [0.15, 0.2) is 0 Å². The molecular formula is C8H13F2NO2. The van der Waals surface area contributed by atoms with Gasteiger partial charge in [-0.1, -0.05) is 0 Å². The standard InChI is InChI=1S/C8H13F2NO2/c9-8(10)3-1-2-6(8)7(13)11-4-5-12/h6,12H,1-5H2,(H,11,13). The normalized spacial score (nSPS) is 25.9. The number of aliphatic hydroxyl groups excluding tert-OH is 1. The van der Waals surface area contributed by atoms with Crippen molar-refractivity contribution >= 4 is 5.91 Å². The zero-order valence-electron chi connectivity index (χ0n) is 7.22. The molecule has 13 heavy (non-hydrogen) atoms. The summed E-state index contributed by atoms with van der Waals surface area (Å²) in [5.41, 5.74) is 0. The van der Waals surface area contributed by atoms with E-state index in [1.54, 1.807) is 0 Å². The molecule has 1 atom stereocenters. The van der Waals surface area contributed by atoms with Crippen LogP contribution in [0.4, 0.5) is 8.78 Å². The molecule has 0 saturated heterocycles. The highest BCUT2D eigenvalue weighted by molar-refractivity contribution is 5.79. The molecule has 0 aromatic heterocycles. The highest BCUT2D eigenvalue weighted by atomic mass is 19.3. The second-order valence-electron chi connectivity index (χ2n) is 3.22. The van der Waals surface area contributed by atoms with Gasteiger partial charge >= 0.3 is 0 Å². The fourth-order valence-corrected chi connectivity index (χ4v) is 1.55. The molecule has 0 aliphatic heterocycles.